The van der Waals surface area contributed by atoms with Crippen molar-refractivity contribution in [3.63, 3.8) is 0 Å². The SMILES string of the molecule is CCCNC(C)(CC(C)N(C)C1CCS(=O)(=O)C1)C(N)=O. The average Bonchev–Trinajstić information content (AvgIpc) is 2.75. The van der Waals surface area contributed by atoms with Crippen LogP contribution in [-0.2, 0) is 14.6 Å². The summed E-state index contributed by atoms with van der Waals surface area (Å²) in [5.74, 6) is 0.106. The maximum absolute atomic E-state index is 11.8. The zero-order valence-electron chi connectivity index (χ0n) is 13.6. The standard InChI is InChI=1S/C14H29N3O3S/c1-5-7-16-14(3,13(15)18)9-11(2)17(4)12-6-8-21(19,20)10-12/h11-12,16H,5-10H2,1-4H3,(H2,15,18). The van der Waals surface area contributed by atoms with Crippen molar-refractivity contribution in [1.29, 1.82) is 0 Å². The van der Waals surface area contributed by atoms with Gasteiger partial charge in [-0.15, -0.1) is 0 Å². The molecule has 0 saturated carbocycles. The summed E-state index contributed by atoms with van der Waals surface area (Å²) in [5.41, 5.74) is 4.78. The fraction of sp³-hybridized carbons (Fsp3) is 0.929. The van der Waals surface area contributed by atoms with E-state index < -0.39 is 15.4 Å². The zero-order valence-corrected chi connectivity index (χ0v) is 14.4. The van der Waals surface area contributed by atoms with Gasteiger partial charge in [0.2, 0.25) is 5.91 Å². The number of nitrogens with two attached hydrogens (primary N) is 1. The fourth-order valence-electron chi connectivity index (χ4n) is 2.85. The van der Waals surface area contributed by atoms with Crippen LogP contribution in [0.5, 0.6) is 0 Å². The quantitative estimate of drug-likeness (QED) is 0.663. The normalized spacial score (nSPS) is 25.7. The number of amides is 1. The van der Waals surface area contributed by atoms with Crippen molar-refractivity contribution in [2.45, 2.75) is 57.7 Å². The minimum absolute atomic E-state index is 0.0355. The molecule has 1 amide bonds. The van der Waals surface area contributed by atoms with E-state index in [1.807, 2.05) is 27.8 Å². The lowest BCUT2D eigenvalue weighted by molar-refractivity contribution is -0.124. The number of carbonyl (C=O) groups excluding carboxylic acids is 1. The first-order valence-electron chi connectivity index (χ1n) is 7.58. The molecule has 3 atom stereocenters. The van der Waals surface area contributed by atoms with E-state index in [9.17, 15) is 13.2 Å². The van der Waals surface area contributed by atoms with Crippen LogP contribution in [0.4, 0.5) is 0 Å². The van der Waals surface area contributed by atoms with Crippen LogP contribution in [0, 0.1) is 0 Å². The van der Waals surface area contributed by atoms with E-state index in [0.29, 0.717) is 12.8 Å². The molecule has 3 unspecified atom stereocenters. The van der Waals surface area contributed by atoms with Gasteiger partial charge in [-0.2, -0.15) is 0 Å². The molecule has 6 nitrogen and oxygen atoms in total. The van der Waals surface area contributed by atoms with Crippen LogP contribution in [0.1, 0.15) is 40.0 Å². The monoisotopic (exact) mass is 319 g/mol. The molecule has 0 aliphatic carbocycles. The maximum atomic E-state index is 11.8. The Hall–Kier alpha value is -0.660. The predicted molar refractivity (Wildman–Crippen MR) is 84.8 cm³/mol. The Balaban J connectivity index is 2.69. The highest BCUT2D eigenvalue weighted by Gasteiger charge is 2.37. The van der Waals surface area contributed by atoms with Crippen molar-refractivity contribution in [2.75, 3.05) is 25.1 Å². The summed E-state index contributed by atoms with van der Waals surface area (Å²) in [6, 6.07) is 0.110. The summed E-state index contributed by atoms with van der Waals surface area (Å²) < 4.78 is 23.2. The van der Waals surface area contributed by atoms with Crippen molar-refractivity contribution in [2.24, 2.45) is 5.73 Å². The number of nitrogens with one attached hydrogen (secondary N) is 1. The van der Waals surface area contributed by atoms with E-state index in [1.165, 1.54) is 0 Å². The molecule has 1 aliphatic rings. The highest BCUT2D eigenvalue weighted by molar-refractivity contribution is 7.91. The topological polar surface area (TPSA) is 92.5 Å². The molecule has 0 bridgehead atoms. The summed E-state index contributed by atoms with van der Waals surface area (Å²) in [5, 5.41) is 3.22. The van der Waals surface area contributed by atoms with Crippen LogP contribution in [0.3, 0.4) is 0 Å². The lowest BCUT2D eigenvalue weighted by Crippen LogP contribution is -2.57. The summed E-state index contributed by atoms with van der Waals surface area (Å²) in [6.07, 6.45) is 2.15. The van der Waals surface area contributed by atoms with Gasteiger partial charge in [-0.05, 0) is 46.7 Å². The second-order valence-electron chi connectivity index (χ2n) is 6.40. The van der Waals surface area contributed by atoms with Crippen LogP contribution in [0.2, 0.25) is 0 Å². The van der Waals surface area contributed by atoms with Gasteiger partial charge in [0.05, 0.1) is 17.0 Å². The fourth-order valence-corrected chi connectivity index (χ4v) is 4.64. The van der Waals surface area contributed by atoms with Gasteiger partial charge < -0.3 is 11.1 Å². The van der Waals surface area contributed by atoms with Crippen LogP contribution < -0.4 is 11.1 Å². The van der Waals surface area contributed by atoms with E-state index >= 15 is 0 Å². The maximum Gasteiger partial charge on any atom is 0.237 e. The van der Waals surface area contributed by atoms with Gasteiger partial charge in [0.1, 0.15) is 0 Å². The summed E-state index contributed by atoms with van der Waals surface area (Å²) >= 11 is 0. The molecule has 0 aromatic rings. The van der Waals surface area contributed by atoms with Gasteiger partial charge in [-0.3, -0.25) is 9.69 Å². The molecule has 124 valence electrons. The Bertz CT molecular complexity index is 466. The molecular weight excluding hydrogens is 290 g/mol. The van der Waals surface area contributed by atoms with E-state index in [4.69, 9.17) is 5.73 Å². The number of hydrogen-bond acceptors (Lipinski definition) is 5. The third kappa shape index (κ3) is 4.93. The largest absolute Gasteiger partial charge is 0.368 e. The minimum atomic E-state index is -2.90. The molecule has 0 aromatic heterocycles. The van der Waals surface area contributed by atoms with Gasteiger partial charge >= 0.3 is 0 Å². The molecule has 1 rings (SSSR count). The Morgan fingerprint density at radius 3 is 2.57 bits per heavy atom. The molecule has 1 heterocycles. The van der Waals surface area contributed by atoms with Crippen LogP contribution in [0.25, 0.3) is 0 Å². The number of nitrogens with zero attached hydrogens (tertiary/aromatic N) is 1. The minimum Gasteiger partial charge on any atom is -0.368 e. The Labute approximate surface area is 128 Å². The first-order valence-corrected chi connectivity index (χ1v) is 9.40. The van der Waals surface area contributed by atoms with Gasteiger partial charge in [0.15, 0.2) is 9.84 Å². The third-order valence-electron chi connectivity index (χ3n) is 4.49. The third-order valence-corrected chi connectivity index (χ3v) is 6.24. The second kappa shape index (κ2) is 7.07. The Morgan fingerprint density at radius 2 is 2.14 bits per heavy atom. The first kappa shape index (κ1) is 18.4. The summed E-state index contributed by atoms with van der Waals surface area (Å²) in [7, 11) is -0.969. The zero-order chi connectivity index (χ0) is 16.3. The van der Waals surface area contributed by atoms with Gasteiger partial charge in [-0.25, -0.2) is 8.42 Å². The van der Waals surface area contributed by atoms with Crippen molar-refractivity contribution in [3.05, 3.63) is 0 Å². The molecular formula is C14H29N3O3S. The molecule has 1 aliphatic heterocycles. The highest BCUT2D eigenvalue weighted by atomic mass is 32.2. The van der Waals surface area contributed by atoms with E-state index in [-0.39, 0.29) is 29.5 Å². The van der Waals surface area contributed by atoms with E-state index in [1.54, 1.807) is 0 Å². The Morgan fingerprint density at radius 1 is 1.52 bits per heavy atom. The molecule has 7 heteroatoms. The van der Waals surface area contributed by atoms with Crippen molar-refractivity contribution in [3.8, 4) is 0 Å². The molecule has 3 N–H and O–H groups in total. The number of primary amides is 1. The second-order valence-corrected chi connectivity index (χ2v) is 8.63. The molecule has 1 fully saturated rings. The number of hydrogen-bond donors (Lipinski definition) is 2. The predicted octanol–water partition coefficient (Wildman–Crippen LogP) is 0.128. The molecule has 1 saturated heterocycles. The Kier molecular flexibility index (Phi) is 6.19. The summed E-state index contributed by atoms with van der Waals surface area (Å²) in [6.45, 7) is 6.60. The van der Waals surface area contributed by atoms with Gasteiger partial charge in [0.25, 0.3) is 0 Å². The van der Waals surface area contributed by atoms with E-state index in [2.05, 4.69) is 10.2 Å². The van der Waals surface area contributed by atoms with Crippen molar-refractivity contribution < 1.29 is 13.2 Å². The first-order chi connectivity index (χ1) is 9.61. The highest BCUT2D eigenvalue weighted by Crippen LogP contribution is 2.22. The molecule has 0 spiro atoms. The van der Waals surface area contributed by atoms with Crippen LogP contribution in [0.15, 0.2) is 0 Å². The van der Waals surface area contributed by atoms with Gasteiger partial charge in [-0.1, -0.05) is 6.92 Å². The summed E-state index contributed by atoms with van der Waals surface area (Å²) in [4.78, 5) is 13.8. The smallest absolute Gasteiger partial charge is 0.237 e. The number of carbonyl (C=O) groups is 1. The van der Waals surface area contributed by atoms with Crippen molar-refractivity contribution >= 4 is 15.7 Å². The van der Waals surface area contributed by atoms with Crippen LogP contribution in [-0.4, -0.2) is 61.9 Å². The lowest BCUT2D eigenvalue weighted by Gasteiger charge is -2.36. The van der Waals surface area contributed by atoms with E-state index in [0.717, 1.165) is 13.0 Å². The lowest BCUT2D eigenvalue weighted by atomic mass is 9.91. The molecule has 0 radical (unpaired) electrons. The van der Waals surface area contributed by atoms with Gasteiger partial charge in [0, 0.05) is 12.1 Å². The number of sulfone groups is 1. The molecule has 21 heavy (non-hydrogen) atoms. The molecule has 0 aromatic carbocycles. The number of rotatable bonds is 8. The average molecular weight is 319 g/mol. The van der Waals surface area contributed by atoms with Crippen molar-refractivity contribution in [1.82, 2.24) is 10.2 Å². The van der Waals surface area contributed by atoms with Crippen LogP contribution >= 0.6 is 0 Å².